The minimum Gasteiger partial charge on any atom is -0.459 e. The van der Waals surface area contributed by atoms with Gasteiger partial charge in [-0.2, -0.15) is 5.10 Å². The van der Waals surface area contributed by atoms with Crippen molar-refractivity contribution >= 4 is 29.2 Å². The third-order valence-electron chi connectivity index (χ3n) is 3.22. The Morgan fingerprint density at radius 1 is 1.33 bits per heavy atom. The first kappa shape index (κ1) is 18.0. The molecule has 1 amide bonds. The van der Waals surface area contributed by atoms with E-state index in [0.29, 0.717) is 17.9 Å². The van der Waals surface area contributed by atoms with E-state index in [-0.39, 0.29) is 22.6 Å². The number of rotatable bonds is 5. The second-order valence-corrected chi connectivity index (χ2v) is 6.00. The summed E-state index contributed by atoms with van der Waals surface area (Å²) in [7, 11) is 0. The first-order chi connectivity index (χ1) is 11.3. The minimum absolute atomic E-state index is 0.211. The van der Waals surface area contributed by atoms with E-state index >= 15 is 0 Å². The van der Waals surface area contributed by atoms with Gasteiger partial charge in [0.15, 0.2) is 0 Å². The molecule has 1 N–H and O–H groups in total. The lowest BCUT2D eigenvalue weighted by Crippen LogP contribution is -2.18. The van der Waals surface area contributed by atoms with Gasteiger partial charge in [-0.05, 0) is 52.0 Å². The maximum Gasteiger partial charge on any atom is 0.339 e. The van der Waals surface area contributed by atoms with Crippen LogP contribution in [-0.2, 0) is 11.3 Å². The van der Waals surface area contributed by atoms with Crippen LogP contribution in [0, 0.1) is 6.92 Å². The molecule has 0 bridgehead atoms. The van der Waals surface area contributed by atoms with Crippen LogP contribution in [0.2, 0.25) is 5.02 Å². The number of anilines is 1. The number of ether oxygens (including phenoxy) is 1. The molecule has 0 unspecified atom stereocenters. The van der Waals surface area contributed by atoms with Crippen molar-refractivity contribution in [1.29, 1.82) is 0 Å². The molecule has 2 aromatic rings. The van der Waals surface area contributed by atoms with Crippen LogP contribution < -0.4 is 5.32 Å². The largest absolute Gasteiger partial charge is 0.459 e. The first-order valence-electron chi connectivity index (χ1n) is 7.68. The van der Waals surface area contributed by atoms with Gasteiger partial charge in [-0.3, -0.25) is 9.48 Å². The van der Waals surface area contributed by atoms with Gasteiger partial charge in [-0.25, -0.2) is 4.79 Å². The molecule has 0 fully saturated rings. The van der Waals surface area contributed by atoms with Crippen LogP contribution in [0.3, 0.4) is 0 Å². The van der Waals surface area contributed by atoms with Crippen LogP contribution in [0.4, 0.5) is 5.69 Å². The molecule has 0 saturated carbocycles. The van der Waals surface area contributed by atoms with Crippen LogP contribution in [0.15, 0.2) is 24.3 Å². The average Bonchev–Trinajstić information content (AvgIpc) is 2.89. The summed E-state index contributed by atoms with van der Waals surface area (Å²) in [5.74, 6) is -0.830. The number of aromatic nitrogens is 2. The molecule has 0 radical (unpaired) electrons. The molecule has 128 valence electrons. The van der Waals surface area contributed by atoms with Crippen LogP contribution in [0.25, 0.3) is 0 Å². The van der Waals surface area contributed by atoms with Crippen LogP contribution >= 0.6 is 11.6 Å². The van der Waals surface area contributed by atoms with E-state index in [1.54, 1.807) is 36.7 Å². The predicted molar refractivity (Wildman–Crippen MR) is 92.6 cm³/mol. The summed E-state index contributed by atoms with van der Waals surface area (Å²) in [6.45, 7) is 7.83. The smallest absolute Gasteiger partial charge is 0.339 e. The van der Waals surface area contributed by atoms with Crippen LogP contribution in [0.5, 0.6) is 0 Å². The van der Waals surface area contributed by atoms with Crippen molar-refractivity contribution in [3.63, 3.8) is 0 Å². The summed E-state index contributed by atoms with van der Waals surface area (Å²) in [6, 6.07) is 6.40. The number of benzene rings is 1. The van der Waals surface area contributed by atoms with E-state index in [1.807, 2.05) is 13.8 Å². The lowest BCUT2D eigenvalue weighted by atomic mass is 10.2. The summed E-state index contributed by atoms with van der Waals surface area (Å²) in [4.78, 5) is 24.5. The Kier molecular flexibility index (Phi) is 5.62. The van der Waals surface area contributed by atoms with Crippen molar-refractivity contribution in [3.8, 4) is 0 Å². The molecule has 1 aromatic heterocycles. The Labute approximate surface area is 145 Å². The molecule has 0 aliphatic heterocycles. The molecule has 0 aliphatic carbocycles. The molecule has 6 nitrogen and oxygen atoms in total. The summed E-state index contributed by atoms with van der Waals surface area (Å²) in [5, 5.41) is 7.27. The maximum absolute atomic E-state index is 12.4. The highest BCUT2D eigenvalue weighted by molar-refractivity contribution is 6.33. The number of nitrogens with zero attached hydrogens (tertiary/aromatic N) is 2. The molecule has 2 rings (SSSR count). The highest BCUT2D eigenvalue weighted by Gasteiger charge is 2.17. The number of nitrogens with one attached hydrogen (secondary N) is 1. The number of hydrogen-bond acceptors (Lipinski definition) is 4. The van der Waals surface area contributed by atoms with E-state index < -0.39 is 5.97 Å². The number of hydrogen-bond donors (Lipinski definition) is 1. The zero-order chi connectivity index (χ0) is 17.9. The Morgan fingerprint density at radius 3 is 2.67 bits per heavy atom. The average molecular weight is 350 g/mol. The number of carbonyl (C=O) groups is 2. The fourth-order valence-electron chi connectivity index (χ4n) is 2.20. The van der Waals surface area contributed by atoms with Crippen molar-refractivity contribution in [2.75, 3.05) is 5.32 Å². The van der Waals surface area contributed by atoms with Gasteiger partial charge in [0, 0.05) is 12.2 Å². The summed E-state index contributed by atoms with van der Waals surface area (Å²) < 4.78 is 6.77. The molecule has 1 aromatic carbocycles. The summed E-state index contributed by atoms with van der Waals surface area (Å²) >= 11 is 6.05. The van der Waals surface area contributed by atoms with Crippen LogP contribution in [0.1, 0.15) is 47.3 Å². The van der Waals surface area contributed by atoms with Crippen molar-refractivity contribution in [1.82, 2.24) is 9.78 Å². The SMILES string of the molecule is CCn1nc(C)cc1C(=O)Nc1ccc(Cl)c(C(=O)OC(C)C)c1. The maximum atomic E-state index is 12.4. The van der Waals surface area contributed by atoms with Crippen molar-refractivity contribution < 1.29 is 14.3 Å². The quantitative estimate of drug-likeness (QED) is 0.835. The fraction of sp³-hybridized carbons (Fsp3) is 0.353. The standard InChI is InChI=1S/C17H20ClN3O3/c1-5-21-15(8-11(4)20-21)16(22)19-12-6-7-14(18)13(9-12)17(23)24-10(2)3/h6-10H,5H2,1-4H3,(H,19,22). The van der Waals surface area contributed by atoms with Gasteiger partial charge in [-0.1, -0.05) is 11.6 Å². The van der Waals surface area contributed by atoms with Gasteiger partial charge >= 0.3 is 5.97 Å². The molecule has 0 aliphatic rings. The number of carbonyl (C=O) groups excluding carboxylic acids is 2. The number of aryl methyl sites for hydroxylation is 2. The van der Waals surface area contributed by atoms with E-state index in [4.69, 9.17) is 16.3 Å². The van der Waals surface area contributed by atoms with E-state index in [0.717, 1.165) is 5.69 Å². The molecule has 7 heteroatoms. The predicted octanol–water partition coefficient (Wildman–Crippen LogP) is 3.68. The lowest BCUT2D eigenvalue weighted by molar-refractivity contribution is 0.0378. The molecule has 0 atom stereocenters. The molecular formula is C17H20ClN3O3. The van der Waals surface area contributed by atoms with Gasteiger partial charge < -0.3 is 10.1 Å². The van der Waals surface area contributed by atoms with Gasteiger partial charge in [0.05, 0.1) is 22.4 Å². The van der Waals surface area contributed by atoms with E-state index in [2.05, 4.69) is 10.4 Å². The van der Waals surface area contributed by atoms with Crippen molar-refractivity contribution in [3.05, 3.63) is 46.2 Å². The second kappa shape index (κ2) is 7.49. The fourth-order valence-corrected chi connectivity index (χ4v) is 2.40. The topological polar surface area (TPSA) is 73.2 Å². The third kappa shape index (κ3) is 4.14. The van der Waals surface area contributed by atoms with Gasteiger partial charge in [0.1, 0.15) is 5.69 Å². The van der Waals surface area contributed by atoms with Crippen molar-refractivity contribution in [2.45, 2.75) is 40.3 Å². The van der Waals surface area contributed by atoms with Gasteiger partial charge in [0.25, 0.3) is 5.91 Å². The minimum atomic E-state index is -0.527. The monoisotopic (exact) mass is 349 g/mol. The Balaban J connectivity index is 2.23. The summed E-state index contributed by atoms with van der Waals surface area (Å²) in [6.07, 6.45) is -0.256. The zero-order valence-electron chi connectivity index (χ0n) is 14.1. The summed E-state index contributed by atoms with van der Waals surface area (Å²) in [5.41, 5.74) is 1.89. The highest BCUT2D eigenvalue weighted by Crippen LogP contribution is 2.22. The lowest BCUT2D eigenvalue weighted by Gasteiger charge is -2.11. The molecule has 0 spiro atoms. The van der Waals surface area contributed by atoms with Gasteiger partial charge in [0.2, 0.25) is 0 Å². The Morgan fingerprint density at radius 2 is 2.04 bits per heavy atom. The Hall–Kier alpha value is -2.34. The zero-order valence-corrected chi connectivity index (χ0v) is 14.8. The first-order valence-corrected chi connectivity index (χ1v) is 8.06. The van der Waals surface area contributed by atoms with Crippen LogP contribution in [-0.4, -0.2) is 27.8 Å². The Bertz CT molecular complexity index is 768. The number of halogens is 1. The molecule has 1 heterocycles. The number of amides is 1. The normalized spacial score (nSPS) is 10.8. The van der Waals surface area contributed by atoms with Crippen molar-refractivity contribution in [2.24, 2.45) is 0 Å². The molecular weight excluding hydrogens is 330 g/mol. The second-order valence-electron chi connectivity index (χ2n) is 5.59. The van der Waals surface area contributed by atoms with E-state index in [9.17, 15) is 9.59 Å². The van der Waals surface area contributed by atoms with Gasteiger partial charge in [-0.15, -0.1) is 0 Å². The number of esters is 1. The molecule has 0 saturated heterocycles. The highest BCUT2D eigenvalue weighted by atomic mass is 35.5. The third-order valence-corrected chi connectivity index (χ3v) is 3.55. The molecule has 24 heavy (non-hydrogen) atoms. The van der Waals surface area contributed by atoms with E-state index in [1.165, 1.54) is 6.07 Å².